The van der Waals surface area contributed by atoms with Crippen LogP contribution in [0.2, 0.25) is 0 Å². The van der Waals surface area contributed by atoms with Crippen molar-refractivity contribution in [2.24, 2.45) is 0 Å². The Balaban J connectivity index is 2.35. The molecule has 1 amide bonds. The van der Waals surface area contributed by atoms with Crippen molar-refractivity contribution in [3.63, 3.8) is 0 Å². The monoisotopic (exact) mass is 288 g/mol. The zero-order chi connectivity index (χ0) is 15.2. The first kappa shape index (κ1) is 16.5. The molecule has 0 fully saturated rings. The van der Waals surface area contributed by atoms with Gasteiger partial charge in [-0.3, -0.25) is 4.79 Å². The van der Waals surface area contributed by atoms with E-state index in [0.29, 0.717) is 6.54 Å². The van der Waals surface area contributed by atoms with E-state index in [4.69, 9.17) is 0 Å². The van der Waals surface area contributed by atoms with E-state index < -0.39 is 18.6 Å². The van der Waals surface area contributed by atoms with Crippen molar-refractivity contribution in [1.29, 1.82) is 0 Å². The lowest BCUT2D eigenvalue weighted by atomic mass is 9.85. The van der Waals surface area contributed by atoms with Crippen LogP contribution in [0.1, 0.15) is 19.4 Å². The number of carbonyl (C=O) groups is 1. The number of amides is 1. The highest BCUT2D eigenvalue weighted by Crippen LogP contribution is 2.21. The van der Waals surface area contributed by atoms with Gasteiger partial charge >= 0.3 is 6.18 Å². The molecule has 0 aromatic heterocycles. The van der Waals surface area contributed by atoms with Gasteiger partial charge in [0.2, 0.25) is 5.91 Å². The number of nitrogens with one attached hydrogen (secondary N) is 2. The Kier molecular flexibility index (Phi) is 5.56. The second-order valence-electron chi connectivity index (χ2n) is 5.25. The quantitative estimate of drug-likeness (QED) is 0.843. The molecule has 3 nitrogen and oxygen atoms in total. The summed E-state index contributed by atoms with van der Waals surface area (Å²) in [4.78, 5) is 11.2. The van der Waals surface area contributed by atoms with E-state index in [1.807, 2.05) is 49.5 Å². The van der Waals surface area contributed by atoms with E-state index in [1.165, 1.54) is 0 Å². The second-order valence-corrected chi connectivity index (χ2v) is 5.25. The first-order chi connectivity index (χ1) is 9.21. The number of halogens is 3. The molecular weight excluding hydrogens is 269 g/mol. The Morgan fingerprint density at radius 1 is 1.10 bits per heavy atom. The fourth-order valence-corrected chi connectivity index (χ4v) is 1.74. The predicted molar refractivity (Wildman–Crippen MR) is 71.4 cm³/mol. The Hall–Kier alpha value is -1.56. The molecule has 0 aliphatic carbocycles. The van der Waals surface area contributed by atoms with Crippen molar-refractivity contribution in [2.75, 3.05) is 19.6 Å². The topological polar surface area (TPSA) is 41.1 Å². The Bertz CT molecular complexity index is 430. The molecule has 0 unspecified atom stereocenters. The van der Waals surface area contributed by atoms with Gasteiger partial charge in [-0.15, -0.1) is 0 Å². The summed E-state index contributed by atoms with van der Waals surface area (Å²) in [6.07, 6.45) is -4.38. The molecule has 0 aliphatic rings. The summed E-state index contributed by atoms with van der Waals surface area (Å²) in [5, 5.41) is 4.70. The lowest BCUT2D eigenvalue weighted by molar-refractivity contribution is -0.137. The van der Waals surface area contributed by atoms with Crippen molar-refractivity contribution >= 4 is 5.91 Å². The van der Waals surface area contributed by atoms with Gasteiger partial charge in [0.05, 0.1) is 6.54 Å². The Morgan fingerprint density at radius 2 is 1.70 bits per heavy atom. The predicted octanol–water partition coefficient (Wildman–Crippen LogP) is 2.23. The molecular formula is C14H19F3N2O. The molecule has 2 N–H and O–H groups in total. The van der Waals surface area contributed by atoms with Gasteiger partial charge in [0.25, 0.3) is 0 Å². The summed E-state index contributed by atoms with van der Waals surface area (Å²) in [6.45, 7) is 3.07. The molecule has 0 saturated carbocycles. The van der Waals surface area contributed by atoms with Crippen LogP contribution >= 0.6 is 0 Å². The summed E-state index contributed by atoms with van der Waals surface area (Å²) in [7, 11) is 0. The van der Waals surface area contributed by atoms with Crippen molar-refractivity contribution in [1.82, 2.24) is 10.6 Å². The van der Waals surface area contributed by atoms with Gasteiger partial charge in [0.1, 0.15) is 6.54 Å². The third-order valence-corrected chi connectivity index (χ3v) is 2.89. The molecule has 0 heterocycles. The summed E-state index contributed by atoms with van der Waals surface area (Å²) >= 11 is 0. The molecule has 0 bridgehead atoms. The molecule has 0 radical (unpaired) electrons. The fraction of sp³-hybridized carbons (Fsp3) is 0.500. The first-order valence-electron chi connectivity index (χ1n) is 6.30. The molecule has 1 rings (SSSR count). The smallest absolute Gasteiger partial charge is 0.346 e. The van der Waals surface area contributed by atoms with Crippen LogP contribution in [0, 0.1) is 0 Å². The molecule has 6 heteroatoms. The largest absolute Gasteiger partial charge is 0.405 e. The number of benzene rings is 1. The highest BCUT2D eigenvalue weighted by atomic mass is 19.4. The van der Waals surface area contributed by atoms with Gasteiger partial charge in [-0.1, -0.05) is 44.2 Å². The first-order valence-corrected chi connectivity index (χ1v) is 6.30. The van der Waals surface area contributed by atoms with Crippen LogP contribution in [-0.4, -0.2) is 31.7 Å². The second kappa shape index (κ2) is 6.74. The maximum atomic E-state index is 11.9. The minimum absolute atomic E-state index is 0.133. The van der Waals surface area contributed by atoms with E-state index in [1.54, 1.807) is 0 Å². The van der Waals surface area contributed by atoms with Gasteiger partial charge < -0.3 is 10.6 Å². The summed E-state index contributed by atoms with van der Waals surface area (Å²) in [5.74, 6) is -0.661. The van der Waals surface area contributed by atoms with E-state index in [9.17, 15) is 18.0 Å². The maximum absolute atomic E-state index is 11.9. The van der Waals surface area contributed by atoms with Gasteiger partial charge in [0.15, 0.2) is 0 Å². The van der Waals surface area contributed by atoms with E-state index >= 15 is 0 Å². The number of carbonyl (C=O) groups excluding carboxylic acids is 1. The highest BCUT2D eigenvalue weighted by Gasteiger charge is 2.27. The van der Waals surface area contributed by atoms with E-state index in [2.05, 4.69) is 5.32 Å². The molecule has 1 aromatic carbocycles. The average molecular weight is 288 g/mol. The van der Waals surface area contributed by atoms with E-state index in [-0.39, 0.29) is 12.0 Å². The highest BCUT2D eigenvalue weighted by molar-refractivity contribution is 5.78. The summed E-state index contributed by atoms with van der Waals surface area (Å²) < 4.78 is 35.7. The minimum Gasteiger partial charge on any atom is -0.346 e. The van der Waals surface area contributed by atoms with Crippen molar-refractivity contribution in [3.8, 4) is 0 Å². The van der Waals surface area contributed by atoms with Gasteiger partial charge in [-0.25, -0.2) is 0 Å². The zero-order valence-corrected chi connectivity index (χ0v) is 11.6. The number of hydrogen-bond donors (Lipinski definition) is 2. The number of rotatable bonds is 6. The van der Waals surface area contributed by atoms with Crippen LogP contribution in [0.3, 0.4) is 0 Å². The van der Waals surface area contributed by atoms with Crippen molar-refractivity contribution in [2.45, 2.75) is 25.4 Å². The molecule has 20 heavy (non-hydrogen) atoms. The van der Waals surface area contributed by atoms with Crippen LogP contribution in [-0.2, 0) is 10.2 Å². The van der Waals surface area contributed by atoms with Crippen LogP contribution < -0.4 is 10.6 Å². The van der Waals surface area contributed by atoms with Crippen LogP contribution in [0.5, 0.6) is 0 Å². The van der Waals surface area contributed by atoms with Crippen LogP contribution in [0.15, 0.2) is 30.3 Å². The molecule has 0 atom stereocenters. The minimum atomic E-state index is -4.38. The summed E-state index contributed by atoms with van der Waals surface area (Å²) in [5.41, 5.74) is 0.897. The molecule has 0 aliphatic heterocycles. The lowest BCUT2D eigenvalue weighted by Crippen LogP contribution is -2.42. The summed E-state index contributed by atoms with van der Waals surface area (Å²) in [6, 6.07) is 9.72. The number of hydrogen-bond acceptors (Lipinski definition) is 2. The standard InChI is InChI=1S/C14H19F3N2O/c1-13(2,11-6-4-3-5-7-11)9-18-8-12(20)19-10-14(15,16)17/h3-7,18H,8-10H2,1-2H3,(H,19,20). The van der Waals surface area contributed by atoms with Gasteiger partial charge in [-0.05, 0) is 5.56 Å². The van der Waals surface area contributed by atoms with Gasteiger partial charge in [0, 0.05) is 12.0 Å². The molecule has 0 spiro atoms. The van der Waals surface area contributed by atoms with Crippen molar-refractivity contribution in [3.05, 3.63) is 35.9 Å². The molecule has 1 aromatic rings. The fourth-order valence-electron chi connectivity index (χ4n) is 1.74. The lowest BCUT2D eigenvalue weighted by Gasteiger charge is -2.25. The van der Waals surface area contributed by atoms with Crippen LogP contribution in [0.25, 0.3) is 0 Å². The Morgan fingerprint density at radius 3 is 2.25 bits per heavy atom. The average Bonchev–Trinajstić information content (AvgIpc) is 2.36. The maximum Gasteiger partial charge on any atom is 0.405 e. The number of alkyl halides is 3. The zero-order valence-electron chi connectivity index (χ0n) is 11.6. The SMILES string of the molecule is CC(C)(CNCC(=O)NCC(F)(F)F)c1ccccc1. The Labute approximate surface area is 116 Å². The third kappa shape index (κ3) is 6.06. The van der Waals surface area contributed by atoms with Crippen molar-refractivity contribution < 1.29 is 18.0 Å². The molecule has 0 saturated heterocycles. The normalized spacial score (nSPS) is 12.2. The third-order valence-electron chi connectivity index (χ3n) is 2.89. The van der Waals surface area contributed by atoms with E-state index in [0.717, 1.165) is 5.56 Å². The van der Waals surface area contributed by atoms with Crippen LogP contribution in [0.4, 0.5) is 13.2 Å². The molecule has 112 valence electrons. The van der Waals surface area contributed by atoms with Gasteiger partial charge in [-0.2, -0.15) is 13.2 Å².